The summed E-state index contributed by atoms with van der Waals surface area (Å²) in [6, 6.07) is -0.787. The highest BCUT2D eigenvalue weighted by Crippen LogP contribution is 2.24. The molecule has 1 aliphatic heterocycles. The average Bonchev–Trinajstić information content (AvgIpc) is 2.08. The number of β-amino-alcohol motifs (C(OH)–C–C–N with tert-alkyl or cyclic N) is 1. The van der Waals surface area contributed by atoms with Crippen LogP contribution in [0.3, 0.4) is 0 Å². The van der Waals surface area contributed by atoms with Crippen LogP contribution in [0.15, 0.2) is 0 Å². The highest BCUT2D eigenvalue weighted by atomic mass is 19.4. The quantitative estimate of drug-likeness (QED) is 0.728. The van der Waals surface area contributed by atoms with Crippen molar-refractivity contribution in [2.45, 2.75) is 25.1 Å². The first-order valence-corrected chi connectivity index (χ1v) is 4.58. The van der Waals surface area contributed by atoms with Crippen molar-refractivity contribution in [1.82, 2.24) is 10.2 Å². The van der Waals surface area contributed by atoms with Crippen LogP contribution in [0.5, 0.6) is 0 Å². The molecule has 1 heterocycles. The number of hydrogen-bond acceptors (Lipinski definition) is 2. The molecule has 15 heavy (non-hydrogen) atoms. The van der Waals surface area contributed by atoms with Crippen LogP contribution in [0, 0.1) is 0 Å². The SMILES string of the molecule is CCC1(O)CN(C(=O)NCC(F)(F)F)C1. The Morgan fingerprint density at radius 1 is 1.53 bits per heavy atom. The lowest BCUT2D eigenvalue weighted by atomic mass is 9.92. The predicted molar refractivity (Wildman–Crippen MR) is 46.3 cm³/mol. The van der Waals surface area contributed by atoms with Gasteiger partial charge in [-0.2, -0.15) is 13.2 Å². The standard InChI is InChI=1S/C8H13F3N2O2/c1-2-7(15)4-13(5-7)6(14)12-3-8(9,10)11/h15H,2-5H2,1H3,(H,12,14). The molecular weight excluding hydrogens is 213 g/mol. The maximum absolute atomic E-state index is 11.7. The molecule has 0 aromatic carbocycles. The van der Waals surface area contributed by atoms with E-state index in [9.17, 15) is 23.1 Å². The Morgan fingerprint density at radius 3 is 2.47 bits per heavy atom. The van der Waals surface area contributed by atoms with Crippen molar-refractivity contribution >= 4 is 6.03 Å². The molecule has 0 unspecified atom stereocenters. The molecule has 2 amide bonds. The zero-order valence-corrected chi connectivity index (χ0v) is 8.26. The van der Waals surface area contributed by atoms with Crippen molar-refractivity contribution < 1.29 is 23.1 Å². The number of urea groups is 1. The summed E-state index contributed by atoms with van der Waals surface area (Å²) in [6.45, 7) is 0.595. The average molecular weight is 226 g/mol. The van der Waals surface area contributed by atoms with Gasteiger partial charge in [0.05, 0.1) is 18.7 Å². The Kier molecular flexibility index (Phi) is 3.13. The van der Waals surface area contributed by atoms with Gasteiger partial charge in [0.25, 0.3) is 0 Å². The van der Waals surface area contributed by atoms with Crippen LogP contribution in [0.4, 0.5) is 18.0 Å². The van der Waals surface area contributed by atoms with Crippen LogP contribution in [-0.2, 0) is 0 Å². The molecule has 4 nitrogen and oxygen atoms in total. The van der Waals surface area contributed by atoms with E-state index in [2.05, 4.69) is 0 Å². The molecule has 0 radical (unpaired) electrons. The second kappa shape index (κ2) is 3.88. The molecule has 0 saturated carbocycles. The highest BCUT2D eigenvalue weighted by molar-refractivity contribution is 5.75. The number of likely N-dealkylation sites (tertiary alicyclic amines) is 1. The van der Waals surface area contributed by atoms with Crippen molar-refractivity contribution in [3.8, 4) is 0 Å². The Morgan fingerprint density at radius 2 is 2.07 bits per heavy atom. The fourth-order valence-corrected chi connectivity index (χ4v) is 1.32. The summed E-state index contributed by atoms with van der Waals surface area (Å²) in [4.78, 5) is 12.2. The number of rotatable bonds is 2. The van der Waals surface area contributed by atoms with E-state index >= 15 is 0 Å². The van der Waals surface area contributed by atoms with Crippen LogP contribution in [0.2, 0.25) is 0 Å². The smallest absolute Gasteiger partial charge is 0.386 e. The van der Waals surface area contributed by atoms with Gasteiger partial charge >= 0.3 is 12.2 Å². The van der Waals surface area contributed by atoms with Gasteiger partial charge in [-0.15, -0.1) is 0 Å². The third kappa shape index (κ3) is 3.26. The van der Waals surface area contributed by atoms with E-state index in [1.165, 1.54) is 0 Å². The molecule has 1 fully saturated rings. The zero-order valence-electron chi connectivity index (χ0n) is 8.26. The third-order valence-corrected chi connectivity index (χ3v) is 2.36. The first-order valence-electron chi connectivity index (χ1n) is 4.58. The van der Waals surface area contributed by atoms with E-state index in [-0.39, 0.29) is 13.1 Å². The van der Waals surface area contributed by atoms with Gasteiger partial charge in [0.15, 0.2) is 0 Å². The second-order valence-corrected chi connectivity index (χ2v) is 3.71. The minimum absolute atomic E-state index is 0.0905. The van der Waals surface area contributed by atoms with E-state index in [0.717, 1.165) is 4.90 Å². The topological polar surface area (TPSA) is 52.6 Å². The summed E-state index contributed by atoms with van der Waals surface area (Å²) in [5.41, 5.74) is -0.921. The number of carbonyl (C=O) groups is 1. The molecule has 0 bridgehead atoms. The molecule has 1 rings (SSSR count). The van der Waals surface area contributed by atoms with Gasteiger partial charge in [0.2, 0.25) is 0 Å². The Hall–Kier alpha value is -0.980. The number of nitrogens with one attached hydrogen (secondary N) is 1. The van der Waals surface area contributed by atoms with E-state index in [1.807, 2.05) is 0 Å². The van der Waals surface area contributed by atoms with Crippen LogP contribution in [0.1, 0.15) is 13.3 Å². The lowest BCUT2D eigenvalue weighted by molar-refractivity contribution is -0.124. The molecular formula is C8H13F3N2O2. The fraction of sp³-hybridized carbons (Fsp3) is 0.875. The zero-order chi connectivity index (χ0) is 11.7. The molecule has 0 atom stereocenters. The molecule has 7 heteroatoms. The molecule has 1 saturated heterocycles. The lowest BCUT2D eigenvalue weighted by Crippen LogP contribution is -2.65. The number of amides is 2. The van der Waals surface area contributed by atoms with Crippen molar-refractivity contribution in [3.63, 3.8) is 0 Å². The summed E-state index contributed by atoms with van der Waals surface area (Å²) in [6.07, 6.45) is -3.92. The molecule has 1 aliphatic rings. The Balaban J connectivity index is 2.27. The largest absolute Gasteiger partial charge is 0.405 e. The third-order valence-electron chi connectivity index (χ3n) is 2.36. The minimum Gasteiger partial charge on any atom is -0.386 e. The van der Waals surface area contributed by atoms with Crippen molar-refractivity contribution in [2.24, 2.45) is 0 Å². The molecule has 88 valence electrons. The van der Waals surface area contributed by atoms with Gasteiger partial charge < -0.3 is 15.3 Å². The number of alkyl halides is 3. The van der Waals surface area contributed by atoms with Crippen molar-refractivity contribution in [3.05, 3.63) is 0 Å². The first-order chi connectivity index (χ1) is 6.76. The van der Waals surface area contributed by atoms with Crippen molar-refractivity contribution in [2.75, 3.05) is 19.6 Å². The first kappa shape index (κ1) is 12.1. The van der Waals surface area contributed by atoms with E-state index in [4.69, 9.17) is 0 Å². The highest BCUT2D eigenvalue weighted by Gasteiger charge is 2.42. The van der Waals surface area contributed by atoms with Gasteiger partial charge in [-0.1, -0.05) is 6.92 Å². The van der Waals surface area contributed by atoms with E-state index < -0.39 is 24.4 Å². The monoisotopic (exact) mass is 226 g/mol. The fourth-order valence-electron chi connectivity index (χ4n) is 1.32. The van der Waals surface area contributed by atoms with Crippen molar-refractivity contribution in [1.29, 1.82) is 0 Å². The van der Waals surface area contributed by atoms with Crippen LogP contribution < -0.4 is 5.32 Å². The summed E-state index contributed by atoms with van der Waals surface area (Å²) < 4.78 is 35.2. The molecule has 2 N–H and O–H groups in total. The summed E-state index contributed by atoms with van der Waals surface area (Å²) >= 11 is 0. The Labute approximate surface area is 85.1 Å². The molecule has 0 aromatic heterocycles. The van der Waals surface area contributed by atoms with Gasteiger partial charge in [-0.3, -0.25) is 0 Å². The predicted octanol–water partition coefficient (Wildman–Crippen LogP) is 0.715. The number of nitrogens with zero attached hydrogens (tertiary/aromatic N) is 1. The van der Waals surface area contributed by atoms with Gasteiger partial charge in [-0.05, 0) is 6.42 Å². The normalized spacial score (nSPS) is 19.7. The van der Waals surface area contributed by atoms with Crippen LogP contribution in [-0.4, -0.2) is 47.4 Å². The maximum atomic E-state index is 11.7. The van der Waals surface area contributed by atoms with E-state index in [0.29, 0.717) is 6.42 Å². The van der Waals surface area contributed by atoms with E-state index in [1.54, 1.807) is 12.2 Å². The number of halogens is 3. The molecule has 0 aliphatic carbocycles. The number of carbonyl (C=O) groups excluding carboxylic acids is 1. The lowest BCUT2D eigenvalue weighted by Gasteiger charge is -2.45. The van der Waals surface area contributed by atoms with Gasteiger partial charge in [0, 0.05) is 0 Å². The second-order valence-electron chi connectivity index (χ2n) is 3.71. The molecule has 0 spiro atoms. The van der Waals surface area contributed by atoms with Gasteiger partial charge in [0.1, 0.15) is 6.54 Å². The van der Waals surface area contributed by atoms with Gasteiger partial charge in [-0.25, -0.2) is 4.79 Å². The summed E-state index contributed by atoms with van der Waals surface area (Å²) in [5, 5.41) is 11.3. The minimum atomic E-state index is -4.40. The number of hydrogen-bond donors (Lipinski definition) is 2. The molecule has 0 aromatic rings. The maximum Gasteiger partial charge on any atom is 0.405 e. The Bertz CT molecular complexity index is 249. The summed E-state index contributed by atoms with van der Waals surface area (Å²) in [7, 11) is 0. The summed E-state index contributed by atoms with van der Waals surface area (Å²) in [5.74, 6) is 0. The number of aliphatic hydroxyl groups is 1. The van der Waals surface area contributed by atoms with Crippen LogP contribution >= 0.6 is 0 Å². The van der Waals surface area contributed by atoms with Crippen LogP contribution in [0.25, 0.3) is 0 Å².